The van der Waals surface area contributed by atoms with Crippen LogP contribution in [0, 0.1) is 10.1 Å². The van der Waals surface area contributed by atoms with Crippen molar-refractivity contribution in [2.45, 2.75) is 12.1 Å². The first-order chi connectivity index (χ1) is 16.8. The molecule has 176 valence electrons. The van der Waals surface area contributed by atoms with E-state index in [-0.39, 0.29) is 17.0 Å². The molecule has 0 saturated carbocycles. The number of hydrogen-bond donors (Lipinski definition) is 1. The SMILES string of the molecule is CC(=NNC(=O)CSc1nc2ccccc2c(=O)n1-c1ccc(Br)cc1)c1cccc([N+](=O)[O-])c1. The van der Waals surface area contributed by atoms with Gasteiger partial charge in [-0.15, -0.1) is 0 Å². The van der Waals surface area contributed by atoms with E-state index >= 15 is 0 Å². The second-order valence-electron chi connectivity index (χ2n) is 7.36. The van der Waals surface area contributed by atoms with Crippen molar-refractivity contribution >= 4 is 55.9 Å². The van der Waals surface area contributed by atoms with Gasteiger partial charge in [0.25, 0.3) is 17.2 Å². The van der Waals surface area contributed by atoms with Crippen LogP contribution < -0.4 is 11.0 Å². The molecule has 1 amide bonds. The number of thioether (sulfide) groups is 1. The first-order valence-corrected chi connectivity index (χ1v) is 12.1. The number of para-hydroxylation sites is 1. The maximum Gasteiger partial charge on any atom is 0.270 e. The van der Waals surface area contributed by atoms with Crippen LogP contribution in [0.25, 0.3) is 16.6 Å². The molecule has 3 aromatic carbocycles. The monoisotopic (exact) mass is 551 g/mol. The van der Waals surface area contributed by atoms with Gasteiger partial charge in [0.05, 0.1) is 33.0 Å². The van der Waals surface area contributed by atoms with Gasteiger partial charge < -0.3 is 0 Å². The average Bonchev–Trinajstić information content (AvgIpc) is 2.87. The molecule has 1 aromatic heterocycles. The van der Waals surface area contributed by atoms with Crippen molar-refractivity contribution < 1.29 is 9.72 Å². The summed E-state index contributed by atoms with van der Waals surface area (Å²) >= 11 is 4.50. The topological polar surface area (TPSA) is 119 Å². The largest absolute Gasteiger partial charge is 0.272 e. The molecule has 0 aliphatic carbocycles. The Morgan fingerprint density at radius 3 is 2.63 bits per heavy atom. The number of aromatic nitrogens is 2. The Kier molecular flexibility index (Phi) is 7.37. The molecule has 11 heteroatoms. The predicted octanol–water partition coefficient (Wildman–Crippen LogP) is 4.69. The standard InChI is InChI=1S/C24H18BrN5O4S/c1-15(16-5-4-6-19(13-16)30(33)34)27-28-22(31)14-35-24-26-21-8-3-2-7-20(21)23(32)29(24)18-11-9-17(25)10-12-18/h2-13H,14H2,1H3,(H,28,31). The second-order valence-corrected chi connectivity index (χ2v) is 9.21. The molecule has 4 rings (SSSR count). The van der Waals surface area contributed by atoms with E-state index in [1.165, 1.54) is 16.7 Å². The van der Waals surface area contributed by atoms with Crippen LogP contribution in [0.15, 0.2) is 92.3 Å². The molecule has 0 aliphatic rings. The van der Waals surface area contributed by atoms with E-state index in [9.17, 15) is 19.7 Å². The number of nitrogens with zero attached hydrogens (tertiary/aromatic N) is 4. The summed E-state index contributed by atoms with van der Waals surface area (Å²) in [7, 11) is 0. The lowest BCUT2D eigenvalue weighted by Crippen LogP contribution is -2.24. The van der Waals surface area contributed by atoms with Crippen molar-refractivity contribution in [3.8, 4) is 5.69 Å². The van der Waals surface area contributed by atoms with Crippen molar-refractivity contribution in [3.63, 3.8) is 0 Å². The smallest absolute Gasteiger partial charge is 0.270 e. The van der Waals surface area contributed by atoms with Crippen LogP contribution in [0.3, 0.4) is 0 Å². The van der Waals surface area contributed by atoms with Crippen molar-refractivity contribution in [2.75, 3.05) is 5.75 Å². The number of nitro groups is 1. The van der Waals surface area contributed by atoms with Crippen LogP contribution in [0.1, 0.15) is 12.5 Å². The van der Waals surface area contributed by atoms with Gasteiger partial charge in [0.1, 0.15) is 0 Å². The Morgan fingerprint density at radius 1 is 1.14 bits per heavy atom. The highest BCUT2D eigenvalue weighted by molar-refractivity contribution is 9.10. The molecule has 0 unspecified atom stereocenters. The fourth-order valence-electron chi connectivity index (χ4n) is 3.24. The molecule has 0 spiro atoms. The van der Waals surface area contributed by atoms with Gasteiger partial charge >= 0.3 is 0 Å². The number of carbonyl (C=O) groups excluding carboxylic acids is 1. The maximum absolute atomic E-state index is 13.3. The first-order valence-electron chi connectivity index (χ1n) is 10.3. The number of nitrogens with one attached hydrogen (secondary N) is 1. The highest BCUT2D eigenvalue weighted by Gasteiger charge is 2.15. The van der Waals surface area contributed by atoms with Crippen LogP contribution in [-0.4, -0.2) is 31.8 Å². The minimum Gasteiger partial charge on any atom is -0.272 e. The zero-order valence-electron chi connectivity index (χ0n) is 18.3. The molecule has 1 heterocycles. The van der Waals surface area contributed by atoms with Gasteiger partial charge in [-0.2, -0.15) is 5.10 Å². The van der Waals surface area contributed by atoms with Gasteiger partial charge in [0.2, 0.25) is 0 Å². The van der Waals surface area contributed by atoms with Crippen LogP contribution in [0.5, 0.6) is 0 Å². The number of hydrazone groups is 1. The van der Waals surface area contributed by atoms with E-state index in [0.717, 1.165) is 16.2 Å². The molecule has 0 aliphatic heterocycles. The van der Waals surface area contributed by atoms with E-state index in [1.54, 1.807) is 55.5 Å². The van der Waals surface area contributed by atoms with E-state index in [4.69, 9.17) is 0 Å². The number of non-ortho nitro benzene ring substituents is 1. The highest BCUT2D eigenvalue weighted by Crippen LogP contribution is 2.22. The number of benzene rings is 3. The molecule has 4 aromatic rings. The molecule has 0 bridgehead atoms. The van der Waals surface area contributed by atoms with E-state index < -0.39 is 10.8 Å². The van der Waals surface area contributed by atoms with Crippen molar-refractivity contribution in [1.82, 2.24) is 15.0 Å². The van der Waals surface area contributed by atoms with E-state index in [1.807, 2.05) is 12.1 Å². The highest BCUT2D eigenvalue weighted by atomic mass is 79.9. The minimum atomic E-state index is -0.493. The van der Waals surface area contributed by atoms with Gasteiger partial charge in [-0.1, -0.05) is 52.0 Å². The van der Waals surface area contributed by atoms with Crippen LogP contribution in [-0.2, 0) is 4.79 Å². The van der Waals surface area contributed by atoms with E-state index in [2.05, 4.69) is 31.4 Å². The number of halogens is 1. The van der Waals surface area contributed by atoms with E-state index in [0.29, 0.717) is 33.0 Å². The fraction of sp³-hybridized carbons (Fsp3) is 0.0833. The molecular formula is C24H18BrN5O4S. The number of amides is 1. The van der Waals surface area contributed by atoms with Crippen molar-refractivity contribution in [2.24, 2.45) is 5.10 Å². The molecular weight excluding hydrogens is 534 g/mol. The third-order valence-electron chi connectivity index (χ3n) is 4.99. The van der Waals surface area contributed by atoms with Crippen LogP contribution in [0.4, 0.5) is 5.69 Å². The number of fused-ring (bicyclic) bond motifs is 1. The quantitative estimate of drug-likeness (QED) is 0.117. The number of carbonyl (C=O) groups is 1. The average molecular weight is 552 g/mol. The Morgan fingerprint density at radius 2 is 1.89 bits per heavy atom. The number of hydrogen-bond acceptors (Lipinski definition) is 7. The summed E-state index contributed by atoms with van der Waals surface area (Å²) in [5.74, 6) is -0.461. The molecule has 0 fully saturated rings. The molecule has 0 radical (unpaired) electrons. The van der Waals surface area contributed by atoms with Gasteiger partial charge in [-0.25, -0.2) is 10.4 Å². The lowest BCUT2D eigenvalue weighted by Gasteiger charge is -2.13. The molecule has 1 N–H and O–H groups in total. The Balaban J connectivity index is 1.56. The summed E-state index contributed by atoms with van der Waals surface area (Å²) < 4.78 is 2.35. The van der Waals surface area contributed by atoms with Gasteiger partial charge in [-0.05, 0) is 43.3 Å². The normalized spacial score (nSPS) is 11.4. The zero-order valence-corrected chi connectivity index (χ0v) is 20.7. The lowest BCUT2D eigenvalue weighted by atomic mass is 10.1. The molecule has 0 atom stereocenters. The first kappa shape index (κ1) is 24.3. The Hall–Kier alpha value is -3.83. The number of nitro benzene ring substituents is 1. The second kappa shape index (κ2) is 10.6. The summed E-state index contributed by atoms with van der Waals surface area (Å²) in [4.78, 5) is 40.8. The lowest BCUT2D eigenvalue weighted by molar-refractivity contribution is -0.384. The summed E-state index contributed by atoms with van der Waals surface area (Å²) in [5.41, 5.74) is 4.26. The summed E-state index contributed by atoms with van der Waals surface area (Å²) in [6, 6.07) is 20.3. The molecule has 0 saturated heterocycles. The van der Waals surface area contributed by atoms with Crippen molar-refractivity contribution in [1.29, 1.82) is 0 Å². The zero-order chi connectivity index (χ0) is 24.9. The minimum absolute atomic E-state index is 0.0486. The van der Waals surface area contributed by atoms with Crippen LogP contribution in [0.2, 0.25) is 0 Å². The Bertz CT molecular complexity index is 1520. The maximum atomic E-state index is 13.3. The van der Waals surface area contributed by atoms with Crippen molar-refractivity contribution in [3.05, 3.63) is 103 Å². The predicted molar refractivity (Wildman–Crippen MR) is 139 cm³/mol. The number of rotatable bonds is 7. The van der Waals surface area contributed by atoms with Gasteiger partial charge in [0, 0.05) is 22.2 Å². The summed E-state index contributed by atoms with van der Waals surface area (Å²) in [6.07, 6.45) is 0. The molecule has 35 heavy (non-hydrogen) atoms. The van der Waals surface area contributed by atoms with Gasteiger partial charge in [0.15, 0.2) is 5.16 Å². The van der Waals surface area contributed by atoms with Crippen LogP contribution >= 0.6 is 27.7 Å². The molecule has 9 nitrogen and oxygen atoms in total. The summed E-state index contributed by atoms with van der Waals surface area (Å²) in [5, 5.41) is 15.9. The third-order valence-corrected chi connectivity index (χ3v) is 6.45. The third kappa shape index (κ3) is 5.64. The summed E-state index contributed by atoms with van der Waals surface area (Å²) in [6.45, 7) is 1.64. The Labute approximate surface area is 212 Å². The van der Waals surface area contributed by atoms with Gasteiger partial charge in [-0.3, -0.25) is 24.3 Å². The fourth-order valence-corrected chi connectivity index (χ4v) is 4.31.